The molecule has 0 heterocycles. The van der Waals surface area contributed by atoms with E-state index in [4.69, 9.17) is 10.8 Å². The quantitative estimate of drug-likeness (QED) is 0.715. The van der Waals surface area contributed by atoms with E-state index in [-0.39, 0.29) is 18.7 Å². The standard InChI is InChI=1S/C9H17NO4S/c1-2-15(13,14)7-3-4-9(5-7,6-10)8(11)12/h7H,2-6,10H2,1H3,(H,11,12)/t7-,9-/m1/s1. The molecule has 1 aliphatic rings. The summed E-state index contributed by atoms with van der Waals surface area (Å²) in [6, 6.07) is 0. The number of carboxylic acids is 1. The Bertz CT molecular complexity index is 351. The number of hydrogen-bond acceptors (Lipinski definition) is 4. The van der Waals surface area contributed by atoms with Crippen molar-refractivity contribution in [3.63, 3.8) is 0 Å². The van der Waals surface area contributed by atoms with Gasteiger partial charge in [-0.1, -0.05) is 6.92 Å². The summed E-state index contributed by atoms with van der Waals surface area (Å²) in [5.74, 6) is -0.906. The van der Waals surface area contributed by atoms with Crippen LogP contribution >= 0.6 is 0 Å². The third-order valence-corrected chi connectivity index (χ3v) is 5.54. The zero-order valence-electron chi connectivity index (χ0n) is 8.77. The topological polar surface area (TPSA) is 97.5 Å². The average Bonchev–Trinajstić information content (AvgIpc) is 2.63. The van der Waals surface area contributed by atoms with Crippen molar-refractivity contribution in [1.82, 2.24) is 0 Å². The van der Waals surface area contributed by atoms with Crippen molar-refractivity contribution in [2.24, 2.45) is 11.1 Å². The molecule has 0 amide bonds. The minimum atomic E-state index is -3.13. The van der Waals surface area contributed by atoms with Crippen molar-refractivity contribution in [3.05, 3.63) is 0 Å². The number of nitrogens with two attached hydrogens (primary N) is 1. The maximum Gasteiger partial charge on any atom is 0.310 e. The van der Waals surface area contributed by atoms with Crippen LogP contribution in [0.4, 0.5) is 0 Å². The smallest absolute Gasteiger partial charge is 0.310 e. The monoisotopic (exact) mass is 235 g/mol. The summed E-state index contributed by atoms with van der Waals surface area (Å²) in [7, 11) is -3.13. The fraction of sp³-hybridized carbons (Fsp3) is 0.889. The van der Waals surface area contributed by atoms with E-state index in [1.807, 2.05) is 0 Å². The number of carbonyl (C=O) groups is 1. The van der Waals surface area contributed by atoms with Gasteiger partial charge in [-0.3, -0.25) is 4.79 Å². The van der Waals surface area contributed by atoms with Crippen molar-refractivity contribution in [2.75, 3.05) is 12.3 Å². The molecular formula is C9H17NO4S. The molecule has 1 aliphatic carbocycles. The Kier molecular flexibility index (Phi) is 3.40. The van der Waals surface area contributed by atoms with Crippen molar-refractivity contribution < 1.29 is 18.3 Å². The van der Waals surface area contributed by atoms with Gasteiger partial charge in [0, 0.05) is 12.3 Å². The summed E-state index contributed by atoms with van der Waals surface area (Å²) in [6.07, 6.45) is 0.942. The van der Waals surface area contributed by atoms with E-state index >= 15 is 0 Å². The van der Waals surface area contributed by atoms with Gasteiger partial charge in [0.2, 0.25) is 0 Å². The van der Waals surface area contributed by atoms with Crippen molar-refractivity contribution >= 4 is 15.8 Å². The van der Waals surface area contributed by atoms with Gasteiger partial charge in [-0.2, -0.15) is 0 Å². The van der Waals surface area contributed by atoms with Gasteiger partial charge in [-0.05, 0) is 19.3 Å². The van der Waals surface area contributed by atoms with Crippen molar-refractivity contribution in [1.29, 1.82) is 0 Å². The van der Waals surface area contributed by atoms with Gasteiger partial charge in [0.25, 0.3) is 0 Å². The molecule has 6 heteroatoms. The van der Waals surface area contributed by atoms with E-state index in [1.165, 1.54) is 0 Å². The van der Waals surface area contributed by atoms with E-state index in [9.17, 15) is 13.2 Å². The van der Waals surface area contributed by atoms with Crippen LogP contribution in [0.2, 0.25) is 0 Å². The first-order valence-corrected chi connectivity index (χ1v) is 6.74. The molecule has 5 nitrogen and oxygen atoms in total. The fourth-order valence-corrected chi connectivity index (χ4v) is 3.61. The van der Waals surface area contributed by atoms with Crippen LogP contribution in [0.15, 0.2) is 0 Å². The number of carboxylic acid groups (broad SMARTS) is 1. The number of rotatable bonds is 4. The predicted molar refractivity (Wildman–Crippen MR) is 56.2 cm³/mol. The van der Waals surface area contributed by atoms with Crippen LogP contribution in [0.1, 0.15) is 26.2 Å². The molecule has 0 unspecified atom stereocenters. The molecule has 1 saturated carbocycles. The molecule has 0 aromatic rings. The van der Waals surface area contributed by atoms with Gasteiger partial charge in [0.15, 0.2) is 9.84 Å². The number of sulfone groups is 1. The fourth-order valence-electron chi connectivity index (χ4n) is 2.09. The summed E-state index contributed by atoms with van der Waals surface area (Å²) in [6.45, 7) is 1.59. The Hall–Kier alpha value is -0.620. The molecule has 0 saturated heterocycles. The van der Waals surface area contributed by atoms with Gasteiger partial charge < -0.3 is 10.8 Å². The Labute approximate surface area is 89.6 Å². The molecule has 0 bridgehead atoms. The minimum absolute atomic E-state index is 0.0120. The zero-order chi connectivity index (χ0) is 11.7. The second kappa shape index (κ2) is 4.09. The molecule has 1 fully saturated rings. The van der Waals surface area contributed by atoms with Crippen molar-refractivity contribution in [3.8, 4) is 0 Å². The highest BCUT2D eigenvalue weighted by molar-refractivity contribution is 7.92. The Morgan fingerprint density at radius 2 is 2.20 bits per heavy atom. The second-order valence-corrected chi connectivity index (χ2v) is 6.68. The molecule has 1 rings (SSSR count). The summed E-state index contributed by atoms with van der Waals surface area (Å²) in [5, 5.41) is 8.52. The lowest BCUT2D eigenvalue weighted by Crippen LogP contribution is -2.37. The van der Waals surface area contributed by atoms with Crippen LogP contribution in [0.5, 0.6) is 0 Å². The van der Waals surface area contributed by atoms with Crippen LogP contribution in [-0.2, 0) is 14.6 Å². The molecule has 0 aromatic carbocycles. The maximum atomic E-state index is 11.6. The highest BCUT2D eigenvalue weighted by Gasteiger charge is 2.47. The molecule has 0 radical (unpaired) electrons. The SMILES string of the molecule is CCS(=O)(=O)[C@@H]1CC[C@@](CN)(C(=O)O)C1. The third-order valence-electron chi connectivity index (χ3n) is 3.32. The molecule has 0 spiro atoms. The third kappa shape index (κ3) is 2.15. The Morgan fingerprint density at radius 1 is 1.60 bits per heavy atom. The van der Waals surface area contributed by atoms with Crippen LogP contribution in [0.3, 0.4) is 0 Å². The van der Waals surface area contributed by atoms with Crippen molar-refractivity contribution in [2.45, 2.75) is 31.4 Å². The zero-order valence-corrected chi connectivity index (χ0v) is 9.59. The van der Waals surface area contributed by atoms with Gasteiger partial charge >= 0.3 is 5.97 Å². The average molecular weight is 235 g/mol. The highest BCUT2D eigenvalue weighted by atomic mass is 32.2. The van der Waals surface area contributed by atoms with E-state index in [2.05, 4.69) is 0 Å². The lowest BCUT2D eigenvalue weighted by molar-refractivity contribution is -0.147. The summed E-state index contributed by atoms with van der Waals surface area (Å²) in [5.41, 5.74) is 4.42. The highest BCUT2D eigenvalue weighted by Crippen LogP contribution is 2.40. The predicted octanol–water partition coefficient (Wildman–Crippen LogP) is 0.00330. The van der Waals surface area contributed by atoms with Gasteiger partial charge in [-0.15, -0.1) is 0 Å². The molecular weight excluding hydrogens is 218 g/mol. The van der Waals surface area contributed by atoms with Crippen LogP contribution in [-0.4, -0.2) is 37.0 Å². The second-order valence-electron chi connectivity index (χ2n) is 4.11. The van der Waals surface area contributed by atoms with Gasteiger partial charge in [-0.25, -0.2) is 8.42 Å². The van der Waals surface area contributed by atoms with E-state index in [0.29, 0.717) is 12.8 Å². The molecule has 15 heavy (non-hydrogen) atoms. The first-order valence-electron chi connectivity index (χ1n) is 5.03. The first-order chi connectivity index (χ1) is 6.88. The summed E-state index contributed by atoms with van der Waals surface area (Å²) in [4.78, 5) is 11.0. The van der Waals surface area contributed by atoms with E-state index in [0.717, 1.165) is 0 Å². The molecule has 0 aromatic heterocycles. The van der Waals surface area contributed by atoms with Gasteiger partial charge in [0.1, 0.15) is 0 Å². The Morgan fingerprint density at radius 3 is 2.53 bits per heavy atom. The minimum Gasteiger partial charge on any atom is -0.481 e. The maximum absolute atomic E-state index is 11.6. The van der Waals surface area contributed by atoms with Crippen LogP contribution in [0, 0.1) is 5.41 Å². The largest absolute Gasteiger partial charge is 0.481 e. The van der Waals surface area contributed by atoms with Crippen LogP contribution in [0.25, 0.3) is 0 Å². The Balaban J connectivity index is 2.87. The lowest BCUT2D eigenvalue weighted by atomic mass is 9.87. The summed E-state index contributed by atoms with van der Waals surface area (Å²) < 4.78 is 23.2. The van der Waals surface area contributed by atoms with Crippen LogP contribution < -0.4 is 5.73 Å². The van der Waals surface area contributed by atoms with Gasteiger partial charge in [0.05, 0.1) is 10.7 Å². The lowest BCUT2D eigenvalue weighted by Gasteiger charge is -2.21. The normalized spacial score (nSPS) is 31.7. The molecule has 88 valence electrons. The van der Waals surface area contributed by atoms with E-state index in [1.54, 1.807) is 6.92 Å². The first kappa shape index (κ1) is 12.4. The molecule has 3 N–H and O–H groups in total. The molecule has 0 aliphatic heterocycles. The number of hydrogen-bond donors (Lipinski definition) is 2. The van der Waals surface area contributed by atoms with E-state index < -0.39 is 26.5 Å². The number of aliphatic carboxylic acids is 1. The summed E-state index contributed by atoms with van der Waals surface area (Å²) >= 11 is 0. The molecule has 2 atom stereocenters.